The van der Waals surface area contributed by atoms with Gasteiger partial charge in [0, 0.05) is 30.4 Å². The van der Waals surface area contributed by atoms with Crippen LogP contribution >= 0.6 is 0 Å². The van der Waals surface area contributed by atoms with Crippen LogP contribution in [-0.2, 0) is 0 Å². The maximum Gasteiger partial charge on any atom is 0.252 e. The molecule has 3 heterocycles. The molecule has 0 N–H and O–H groups in total. The normalized spacial score (nSPS) is 10.7. The Labute approximate surface area is 84.7 Å². The smallest absolute Gasteiger partial charge is 0.252 e. The Hall–Kier alpha value is -2.37. The molecule has 0 amide bonds. The molecule has 0 atom stereocenters. The number of fused-ring (bicyclic) bond motifs is 1. The lowest BCUT2D eigenvalue weighted by molar-refractivity contribution is 0.939. The van der Waals surface area contributed by atoms with Crippen LogP contribution in [0.15, 0.2) is 37.3 Å². The molecular formula is C9H6N6. The lowest BCUT2D eigenvalue weighted by Crippen LogP contribution is -1.93. The average molecular weight is 198 g/mol. The number of hydrogen-bond acceptors (Lipinski definition) is 5. The van der Waals surface area contributed by atoms with E-state index in [9.17, 15) is 0 Å². The Morgan fingerprint density at radius 2 is 2.00 bits per heavy atom. The van der Waals surface area contributed by atoms with Crippen molar-refractivity contribution in [2.75, 3.05) is 0 Å². The van der Waals surface area contributed by atoms with Crippen molar-refractivity contribution >= 4 is 5.78 Å². The van der Waals surface area contributed by atoms with Gasteiger partial charge in [0.25, 0.3) is 5.78 Å². The first-order valence-electron chi connectivity index (χ1n) is 4.35. The average Bonchev–Trinajstić information content (AvgIpc) is 2.77. The summed E-state index contributed by atoms with van der Waals surface area (Å²) in [4.78, 5) is 16.3. The molecule has 0 fully saturated rings. The van der Waals surface area contributed by atoms with E-state index in [2.05, 4.69) is 25.0 Å². The van der Waals surface area contributed by atoms with Gasteiger partial charge in [0.1, 0.15) is 6.33 Å². The van der Waals surface area contributed by atoms with E-state index in [1.54, 1.807) is 29.3 Å². The van der Waals surface area contributed by atoms with E-state index >= 15 is 0 Å². The quantitative estimate of drug-likeness (QED) is 0.572. The highest BCUT2D eigenvalue weighted by Crippen LogP contribution is 2.13. The van der Waals surface area contributed by atoms with Gasteiger partial charge < -0.3 is 0 Å². The number of rotatable bonds is 1. The van der Waals surface area contributed by atoms with Crippen LogP contribution in [0.5, 0.6) is 0 Å². The highest BCUT2D eigenvalue weighted by atomic mass is 15.3. The van der Waals surface area contributed by atoms with E-state index in [4.69, 9.17) is 0 Å². The Kier molecular flexibility index (Phi) is 1.64. The van der Waals surface area contributed by atoms with Gasteiger partial charge in [-0.2, -0.15) is 10.1 Å². The van der Waals surface area contributed by atoms with Crippen LogP contribution < -0.4 is 0 Å². The molecule has 0 spiro atoms. The third-order valence-corrected chi connectivity index (χ3v) is 1.99. The van der Waals surface area contributed by atoms with Crippen molar-refractivity contribution in [1.82, 2.24) is 29.5 Å². The van der Waals surface area contributed by atoms with Gasteiger partial charge in [-0.25, -0.2) is 9.50 Å². The highest BCUT2D eigenvalue weighted by Gasteiger charge is 2.02. The fourth-order valence-electron chi connectivity index (χ4n) is 1.30. The first kappa shape index (κ1) is 7.98. The van der Waals surface area contributed by atoms with Gasteiger partial charge in [-0.3, -0.25) is 9.97 Å². The summed E-state index contributed by atoms with van der Waals surface area (Å²) in [5.74, 6) is 0.572. The van der Waals surface area contributed by atoms with Gasteiger partial charge in [0.05, 0.1) is 11.9 Å². The zero-order valence-electron chi connectivity index (χ0n) is 7.65. The first-order chi connectivity index (χ1) is 7.43. The Morgan fingerprint density at radius 3 is 2.87 bits per heavy atom. The van der Waals surface area contributed by atoms with Crippen LogP contribution in [0.4, 0.5) is 0 Å². The van der Waals surface area contributed by atoms with E-state index in [0.717, 1.165) is 11.3 Å². The first-order valence-corrected chi connectivity index (χ1v) is 4.35. The van der Waals surface area contributed by atoms with Gasteiger partial charge in [0.2, 0.25) is 0 Å². The maximum atomic E-state index is 4.18. The van der Waals surface area contributed by atoms with Crippen molar-refractivity contribution in [3.8, 4) is 11.3 Å². The summed E-state index contributed by atoms with van der Waals surface area (Å²) in [6.07, 6.45) is 9.93. The zero-order chi connectivity index (χ0) is 10.1. The van der Waals surface area contributed by atoms with Gasteiger partial charge in [-0.1, -0.05) is 0 Å². The molecule has 0 unspecified atom stereocenters. The van der Waals surface area contributed by atoms with E-state index in [0.29, 0.717) is 5.78 Å². The third-order valence-electron chi connectivity index (χ3n) is 1.99. The lowest BCUT2D eigenvalue weighted by Gasteiger charge is -1.98. The molecule has 72 valence electrons. The molecule has 3 rings (SSSR count). The van der Waals surface area contributed by atoms with Gasteiger partial charge in [-0.05, 0) is 0 Å². The van der Waals surface area contributed by atoms with Crippen molar-refractivity contribution in [2.45, 2.75) is 0 Å². The Balaban J connectivity index is 2.19. The molecule has 6 heteroatoms. The van der Waals surface area contributed by atoms with Crippen LogP contribution in [0.2, 0.25) is 0 Å². The number of hydrogen-bond donors (Lipinski definition) is 0. The van der Waals surface area contributed by atoms with Crippen molar-refractivity contribution < 1.29 is 0 Å². The second kappa shape index (κ2) is 3.09. The second-order valence-corrected chi connectivity index (χ2v) is 2.94. The SMILES string of the molecule is c1cnc(-c2cnc3ncnn3c2)cn1. The van der Waals surface area contributed by atoms with Crippen LogP contribution in [0, 0.1) is 0 Å². The second-order valence-electron chi connectivity index (χ2n) is 2.94. The van der Waals surface area contributed by atoms with Crippen LogP contribution in [0.25, 0.3) is 17.0 Å². The van der Waals surface area contributed by atoms with E-state index in [-0.39, 0.29) is 0 Å². The van der Waals surface area contributed by atoms with Crippen LogP contribution in [0.3, 0.4) is 0 Å². The molecule has 0 aliphatic rings. The minimum atomic E-state index is 0.572. The monoisotopic (exact) mass is 198 g/mol. The number of aromatic nitrogens is 6. The molecule has 0 aliphatic heterocycles. The van der Waals surface area contributed by atoms with Gasteiger partial charge in [0.15, 0.2) is 0 Å². The maximum absolute atomic E-state index is 4.18. The molecule has 0 bridgehead atoms. The van der Waals surface area contributed by atoms with Gasteiger partial charge >= 0.3 is 0 Å². The molecule has 3 aromatic rings. The topological polar surface area (TPSA) is 68.9 Å². The summed E-state index contributed by atoms with van der Waals surface area (Å²) in [6, 6.07) is 0. The largest absolute Gasteiger partial charge is 0.261 e. The van der Waals surface area contributed by atoms with E-state index in [1.165, 1.54) is 6.33 Å². The Morgan fingerprint density at radius 1 is 1.00 bits per heavy atom. The highest BCUT2D eigenvalue weighted by molar-refractivity contribution is 5.56. The Bertz CT molecular complexity index is 588. The zero-order valence-corrected chi connectivity index (χ0v) is 7.65. The molecule has 15 heavy (non-hydrogen) atoms. The molecule has 0 saturated heterocycles. The summed E-state index contributed by atoms with van der Waals surface area (Å²) in [5.41, 5.74) is 1.63. The molecule has 0 radical (unpaired) electrons. The predicted octanol–water partition coefficient (Wildman–Crippen LogP) is 0.581. The summed E-state index contributed by atoms with van der Waals surface area (Å²) in [7, 11) is 0. The summed E-state index contributed by atoms with van der Waals surface area (Å²) in [6.45, 7) is 0. The fraction of sp³-hybridized carbons (Fsp3) is 0. The minimum absolute atomic E-state index is 0.572. The molecule has 0 saturated carbocycles. The minimum Gasteiger partial charge on any atom is -0.261 e. The summed E-state index contributed by atoms with van der Waals surface area (Å²) in [5, 5.41) is 4.00. The van der Waals surface area contributed by atoms with Crippen molar-refractivity contribution in [3.05, 3.63) is 37.3 Å². The predicted molar refractivity (Wildman–Crippen MR) is 51.8 cm³/mol. The van der Waals surface area contributed by atoms with Crippen LogP contribution in [0.1, 0.15) is 0 Å². The summed E-state index contributed by atoms with van der Waals surface area (Å²) >= 11 is 0. The van der Waals surface area contributed by atoms with E-state index in [1.807, 2.05) is 6.20 Å². The van der Waals surface area contributed by atoms with Gasteiger partial charge in [-0.15, -0.1) is 0 Å². The third kappa shape index (κ3) is 1.32. The molecule has 3 aromatic heterocycles. The van der Waals surface area contributed by atoms with Crippen molar-refractivity contribution in [3.63, 3.8) is 0 Å². The van der Waals surface area contributed by atoms with E-state index < -0.39 is 0 Å². The lowest BCUT2D eigenvalue weighted by atomic mass is 10.2. The van der Waals surface area contributed by atoms with Crippen LogP contribution in [-0.4, -0.2) is 29.5 Å². The summed E-state index contributed by atoms with van der Waals surface area (Å²) < 4.78 is 1.60. The van der Waals surface area contributed by atoms with Crippen molar-refractivity contribution in [1.29, 1.82) is 0 Å². The molecule has 0 aromatic carbocycles. The molecule has 6 nitrogen and oxygen atoms in total. The number of nitrogens with zero attached hydrogens (tertiary/aromatic N) is 6. The van der Waals surface area contributed by atoms with Crippen molar-refractivity contribution in [2.24, 2.45) is 0 Å². The standard InChI is InChI=1S/C9H6N6/c1-2-11-8(4-10-1)7-3-12-9-13-6-14-15(9)5-7/h1-6H. The fourth-order valence-corrected chi connectivity index (χ4v) is 1.30. The molecular weight excluding hydrogens is 192 g/mol. The molecule has 0 aliphatic carbocycles.